The molecule has 0 radical (unpaired) electrons. The van der Waals surface area contributed by atoms with Crippen LogP contribution in [-0.4, -0.2) is 0 Å². The predicted octanol–water partition coefficient (Wildman–Crippen LogP) is 3.58. The molecule has 1 aromatic carbocycles. The molecule has 2 nitrogen and oxygen atoms in total. The van der Waals surface area contributed by atoms with Gasteiger partial charge >= 0.3 is 0 Å². The van der Waals surface area contributed by atoms with Crippen molar-refractivity contribution >= 4 is 15.9 Å². The van der Waals surface area contributed by atoms with Crippen LogP contribution in [0.2, 0.25) is 0 Å². The molecule has 0 saturated carbocycles. The van der Waals surface area contributed by atoms with Crippen molar-refractivity contribution in [2.45, 2.75) is 0 Å². The van der Waals surface area contributed by atoms with E-state index in [9.17, 15) is 0 Å². The minimum Gasteiger partial charge on any atom is -0.464 e. The van der Waals surface area contributed by atoms with Crippen molar-refractivity contribution in [1.82, 2.24) is 0 Å². The lowest BCUT2D eigenvalue weighted by molar-refractivity contribution is 0.582. The highest BCUT2D eigenvalue weighted by molar-refractivity contribution is 9.10. The molecule has 0 spiro atoms. The summed E-state index contributed by atoms with van der Waals surface area (Å²) in [6.45, 7) is 0. The van der Waals surface area contributed by atoms with Crippen LogP contribution < -0.4 is 0 Å². The number of benzene rings is 1. The standard InChI is InChI=1S/C11H6BrNO/c12-10-4-3-8(6-9(10)7-13)11-2-1-5-14-11/h1-6H. The molecule has 0 atom stereocenters. The predicted molar refractivity (Wildman–Crippen MR) is 56.6 cm³/mol. The maximum absolute atomic E-state index is 8.83. The molecule has 1 heterocycles. The molecule has 3 heteroatoms. The van der Waals surface area contributed by atoms with Gasteiger partial charge in [0, 0.05) is 10.0 Å². The van der Waals surface area contributed by atoms with E-state index in [0.29, 0.717) is 5.56 Å². The lowest BCUT2D eigenvalue weighted by atomic mass is 10.1. The summed E-state index contributed by atoms with van der Waals surface area (Å²) in [5.74, 6) is 0.772. The van der Waals surface area contributed by atoms with Crippen molar-refractivity contribution in [2.75, 3.05) is 0 Å². The Balaban J connectivity index is 2.53. The summed E-state index contributed by atoms with van der Waals surface area (Å²) in [6, 6.07) is 11.3. The molecule has 0 N–H and O–H groups in total. The van der Waals surface area contributed by atoms with Crippen LogP contribution in [0.15, 0.2) is 45.5 Å². The van der Waals surface area contributed by atoms with E-state index in [1.54, 1.807) is 12.3 Å². The summed E-state index contributed by atoms with van der Waals surface area (Å²) in [7, 11) is 0. The molecular formula is C11H6BrNO. The Kier molecular flexibility index (Phi) is 2.38. The van der Waals surface area contributed by atoms with Crippen LogP contribution in [0.1, 0.15) is 5.56 Å². The van der Waals surface area contributed by atoms with E-state index in [4.69, 9.17) is 9.68 Å². The third-order valence-electron chi connectivity index (χ3n) is 1.89. The zero-order valence-electron chi connectivity index (χ0n) is 7.20. The Labute approximate surface area is 89.9 Å². The van der Waals surface area contributed by atoms with Gasteiger partial charge in [-0.3, -0.25) is 0 Å². The Hall–Kier alpha value is -1.53. The van der Waals surface area contributed by atoms with Crippen LogP contribution in [0, 0.1) is 11.3 Å². The zero-order chi connectivity index (χ0) is 9.97. The van der Waals surface area contributed by atoms with Gasteiger partial charge in [0.2, 0.25) is 0 Å². The number of hydrogen-bond acceptors (Lipinski definition) is 2. The summed E-state index contributed by atoms with van der Waals surface area (Å²) in [5.41, 5.74) is 1.52. The molecule has 68 valence electrons. The normalized spacial score (nSPS) is 9.71. The van der Waals surface area contributed by atoms with Gasteiger partial charge in [0.1, 0.15) is 11.8 Å². The van der Waals surface area contributed by atoms with Gasteiger partial charge in [-0.15, -0.1) is 0 Å². The molecule has 14 heavy (non-hydrogen) atoms. The molecular weight excluding hydrogens is 242 g/mol. The zero-order valence-corrected chi connectivity index (χ0v) is 8.78. The number of halogens is 1. The van der Waals surface area contributed by atoms with E-state index in [1.165, 1.54) is 0 Å². The van der Waals surface area contributed by atoms with Gasteiger partial charge in [-0.25, -0.2) is 0 Å². The molecule has 0 unspecified atom stereocenters. The molecule has 0 fully saturated rings. The van der Waals surface area contributed by atoms with Gasteiger partial charge < -0.3 is 4.42 Å². The van der Waals surface area contributed by atoms with E-state index in [1.807, 2.05) is 24.3 Å². The fourth-order valence-electron chi connectivity index (χ4n) is 1.21. The van der Waals surface area contributed by atoms with Crippen LogP contribution in [-0.2, 0) is 0 Å². The topological polar surface area (TPSA) is 36.9 Å². The highest BCUT2D eigenvalue weighted by atomic mass is 79.9. The monoisotopic (exact) mass is 247 g/mol. The Bertz CT molecular complexity index is 482. The second kappa shape index (κ2) is 3.69. The molecule has 1 aromatic heterocycles. The van der Waals surface area contributed by atoms with Crippen LogP contribution in [0.3, 0.4) is 0 Å². The number of nitriles is 1. The highest BCUT2D eigenvalue weighted by Gasteiger charge is 2.04. The van der Waals surface area contributed by atoms with Crippen molar-refractivity contribution in [3.05, 3.63) is 46.6 Å². The van der Waals surface area contributed by atoms with Crippen molar-refractivity contribution in [3.63, 3.8) is 0 Å². The third-order valence-corrected chi connectivity index (χ3v) is 2.58. The molecule has 0 aliphatic carbocycles. The first-order chi connectivity index (χ1) is 6.81. The smallest absolute Gasteiger partial charge is 0.133 e. The second-order valence-electron chi connectivity index (χ2n) is 2.78. The van der Waals surface area contributed by atoms with Gasteiger partial charge in [0.15, 0.2) is 0 Å². The number of furan rings is 1. The van der Waals surface area contributed by atoms with Crippen molar-refractivity contribution in [2.24, 2.45) is 0 Å². The summed E-state index contributed by atoms with van der Waals surface area (Å²) < 4.78 is 6.04. The minimum absolute atomic E-state index is 0.610. The Morgan fingerprint density at radius 2 is 2.14 bits per heavy atom. The summed E-state index contributed by atoms with van der Waals surface area (Å²) in [5, 5.41) is 8.83. The molecule has 0 bridgehead atoms. The molecule has 0 aliphatic heterocycles. The highest BCUT2D eigenvalue weighted by Crippen LogP contribution is 2.25. The maximum Gasteiger partial charge on any atom is 0.133 e. The second-order valence-corrected chi connectivity index (χ2v) is 3.64. The summed E-state index contributed by atoms with van der Waals surface area (Å²) in [6.07, 6.45) is 1.61. The molecule has 0 amide bonds. The van der Waals surface area contributed by atoms with E-state index in [2.05, 4.69) is 22.0 Å². The number of rotatable bonds is 1. The molecule has 2 rings (SSSR count). The van der Waals surface area contributed by atoms with Gasteiger partial charge in [-0.05, 0) is 40.2 Å². The summed E-state index contributed by atoms with van der Waals surface area (Å²) >= 11 is 3.30. The van der Waals surface area contributed by atoms with E-state index in [0.717, 1.165) is 15.8 Å². The number of hydrogen-bond donors (Lipinski definition) is 0. The SMILES string of the molecule is N#Cc1cc(-c2ccco2)ccc1Br. The van der Waals surface area contributed by atoms with E-state index in [-0.39, 0.29) is 0 Å². The van der Waals surface area contributed by atoms with Gasteiger partial charge in [-0.2, -0.15) is 5.26 Å². The van der Waals surface area contributed by atoms with Crippen LogP contribution in [0.5, 0.6) is 0 Å². The van der Waals surface area contributed by atoms with Crippen molar-refractivity contribution < 1.29 is 4.42 Å². The average molecular weight is 248 g/mol. The van der Waals surface area contributed by atoms with Crippen molar-refractivity contribution in [3.8, 4) is 17.4 Å². The van der Waals surface area contributed by atoms with Crippen LogP contribution >= 0.6 is 15.9 Å². The Morgan fingerprint density at radius 3 is 2.79 bits per heavy atom. The largest absolute Gasteiger partial charge is 0.464 e. The fourth-order valence-corrected chi connectivity index (χ4v) is 1.54. The first kappa shape index (κ1) is 9.04. The first-order valence-corrected chi connectivity index (χ1v) is 4.84. The quantitative estimate of drug-likeness (QED) is 0.773. The third kappa shape index (κ3) is 1.57. The molecule has 0 aliphatic rings. The number of nitrogens with zero attached hydrogens (tertiary/aromatic N) is 1. The van der Waals surface area contributed by atoms with E-state index >= 15 is 0 Å². The fraction of sp³-hybridized carbons (Fsp3) is 0. The van der Waals surface area contributed by atoms with Crippen molar-refractivity contribution in [1.29, 1.82) is 5.26 Å². The van der Waals surface area contributed by atoms with Crippen LogP contribution in [0.25, 0.3) is 11.3 Å². The first-order valence-electron chi connectivity index (χ1n) is 4.05. The molecule has 2 aromatic rings. The Morgan fingerprint density at radius 1 is 1.29 bits per heavy atom. The lowest BCUT2D eigenvalue weighted by Gasteiger charge is -1.98. The van der Waals surface area contributed by atoms with Gasteiger partial charge in [0.05, 0.1) is 11.8 Å². The maximum atomic E-state index is 8.83. The lowest BCUT2D eigenvalue weighted by Crippen LogP contribution is -1.79. The van der Waals surface area contributed by atoms with Crippen LogP contribution in [0.4, 0.5) is 0 Å². The average Bonchev–Trinajstić information content (AvgIpc) is 2.71. The van der Waals surface area contributed by atoms with E-state index < -0.39 is 0 Å². The van der Waals surface area contributed by atoms with Gasteiger partial charge in [-0.1, -0.05) is 6.07 Å². The summed E-state index contributed by atoms with van der Waals surface area (Å²) in [4.78, 5) is 0. The molecule has 0 saturated heterocycles. The minimum atomic E-state index is 0.610. The van der Waals surface area contributed by atoms with Gasteiger partial charge in [0.25, 0.3) is 0 Å².